The van der Waals surface area contributed by atoms with Gasteiger partial charge in [-0.25, -0.2) is 4.79 Å². The first-order valence-electron chi connectivity index (χ1n) is 11.0. The van der Waals surface area contributed by atoms with Crippen LogP contribution in [0.5, 0.6) is 0 Å². The van der Waals surface area contributed by atoms with E-state index in [2.05, 4.69) is 18.2 Å². The van der Waals surface area contributed by atoms with Gasteiger partial charge < -0.3 is 9.64 Å². The van der Waals surface area contributed by atoms with Crippen molar-refractivity contribution in [2.24, 2.45) is 5.92 Å². The molecule has 0 saturated heterocycles. The molecule has 2 aliphatic heterocycles. The van der Waals surface area contributed by atoms with Crippen LogP contribution in [-0.2, 0) is 14.3 Å². The van der Waals surface area contributed by atoms with Crippen molar-refractivity contribution in [1.82, 2.24) is 4.90 Å². The zero-order chi connectivity index (χ0) is 21.1. The molecule has 0 atom stereocenters. The summed E-state index contributed by atoms with van der Waals surface area (Å²) in [5.74, 6) is 0.134. The van der Waals surface area contributed by atoms with E-state index in [0.29, 0.717) is 16.9 Å². The molecule has 1 fully saturated rings. The van der Waals surface area contributed by atoms with Gasteiger partial charge in [0.2, 0.25) is 0 Å². The molecule has 31 heavy (non-hydrogen) atoms. The van der Waals surface area contributed by atoms with Crippen molar-refractivity contribution in [2.75, 3.05) is 7.05 Å². The third-order valence-corrected chi connectivity index (χ3v) is 7.02. The Labute approximate surface area is 180 Å². The van der Waals surface area contributed by atoms with Gasteiger partial charge in [0, 0.05) is 24.2 Å². The first kappa shape index (κ1) is 18.4. The Balaban J connectivity index is 1.63. The monoisotopic (exact) mass is 409 g/mol. The van der Waals surface area contributed by atoms with Crippen LogP contribution in [0.3, 0.4) is 0 Å². The van der Waals surface area contributed by atoms with Crippen molar-refractivity contribution in [3.63, 3.8) is 0 Å². The number of carbonyl (C=O) groups is 2. The zero-order valence-electron chi connectivity index (χ0n) is 17.5. The molecule has 0 aromatic heterocycles. The normalized spacial score (nSPS) is 19.7. The fourth-order valence-electron chi connectivity index (χ4n) is 5.58. The van der Waals surface area contributed by atoms with E-state index < -0.39 is 0 Å². The van der Waals surface area contributed by atoms with Crippen molar-refractivity contribution < 1.29 is 14.3 Å². The van der Waals surface area contributed by atoms with Gasteiger partial charge in [0.15, 0.2) is 5.76 Å². The summed E-state index contributed by atoms with van der Waals surface area (Å²) in [6, 6.07) is 18.3. The number of amides is 1. The van der Waals surface area contributed by atoms with Gasteiger partial charge in [-0.3, -0.25) is 4.79 Å². The van der Waals surface area contributed by atoms with Crippen LogP contribution in [0.4, 0.5) is 0 Å². The minimum atomic E-state index is -0.388. The average Bonchev–Trinajstić information content (AvgIpc) is 3.28. The second-order valence-electron chi connectivity index (χ2n) is 8.74. The molecule has 4 heteroatoms. The lowest BCUT2D eigenvalue weighted by Crippen LogP contribution is -2.27. The van der Waals surface area contributed by atoms with E-state index in [4.69, 9.17) is 4.74 Å². The van der Waals surface area contributed by atoms with Crippen LogP contribution in [0.2, 0.25) is 0 Å². The molecule has 0 spiro atoms. The number of nitrogens with zero attached hydrogens (tertiary/aromatic N) is 1. The third-order valence-electron chi connectivity index (χ3n) is 7.02. The fraction of sp³-hybridized carbons (Fsp3) is 0.259. The number of cyclic esters (lactones) is 1. The van der Waals surface area contributed by atoms with Crippen LogP contribution in [-0.4, -0.2) is 23.8 Å². The molecule has 4 nitrogen and oxygen atoms in total. The first-order chi connectivity index (χ1) is 15.1. The molecule has 2 heterocycles. The SMILES string of the molecule is CN1C(=O)C2=C(c3cc4ccccc4c4ccccc34)OC(=O)C2=C1C1CCCCC1. The van der Waals surface area contributed by atoms with Crippen LogP contribution in [0.15, 0.2) is 71.4 Å². The van der Waals surface area contributed by atoms with Gasteiger partial charge >= 0.3 is 5.97 Å². The Morgan fingerprint density at radius 3 is 2.29 bits per heavy atom. The molecule has 1 amide bonds. The highest BCUT2D eigenvalue weighted by Crippen LogP contribution is 2.47. The van der Waals surface area contributed by atoms with E-state index in [-0.39, 0.29) is 17.8 Å². The minimum absolute atomic E-state index is 0.131. The predicted octanol–water partition coefficient (Wildman–Crippen LogP) is 5.57. The number of rotatable bonds is 2. The second-order valence-corrected chi connectivity index (χ2v) is 8.74. The maximum Gasteiger partial charge on any atom is 0.346 e. The molecule has 0 unspecified atom stereocenters. The first-order valence-corrected chi connectivity index (χ1v) is 11.0. The van der Waals surface area contributed by atoms with E-state index in [1.807, 2.05) is 36.4 Å². The molecular weight excluding hydrogens is 386 g/mol. The second kappa shape index (κ2) is 6.81. The van der Waals surface area contributed by atoms with Crippen molar-refractivity contribution in [1.29, 1.82) is 0 Å². The lowest BCUT2D eigenvalue weighted by molar-refractivity contribution is -0.131. The van der Waals surface area contributed by atoms with Crippen LogP contribution >= 0.6 is 0 Å². The molecule has 1 saturated carbocycles. The molecule has 3 aliphatic rings. The Hall–Kier alpha value is -3.40. The number of carbonyl (C=O) groups excluding carboxylic acids is 2. The highest BCUT2D eigenvalue weighted by Gasteiger charge is 2.47. The Kier molecular flexibility index (Phi) is 4.04. The highest BCUT2D eigenvalue weighted by atomic mass is 16.5. The van der Waals surface area contributed by atoms with Gasteiger partial charge in [-0.15, -0.1) is 0 Å². The summed E-state index contributed by atoms with van der Waals surface area (Å²) in [7, 11) is 1.80. The van der Waals surface area contributed by atoms with Crippen molar-refractivity contribution >= 4 is 39.2 Å². The number of ether oxygens (including phenoxy) is 1. The zero-order valence-corrected chi connectivity index (χ0v) is 17.5. The molecule has 3 aromatic rings. The Bertz CT molecular complexity index is 1340. The number of esters is 1. The van der Waals surface area contributed by atoms with E-state index >= 15 is 0 Å². The van der Waals surface area contributed by atoms with Crippen molar-refractivity contribution in [2.45, 2.75) is 32.1 Å². The quantitative estimate of drug-likeness (QED) is 0.411. The number of hydrogen-bond acceptors (Lipinski definition) is 3. The smallest absolute Gasteiger partial charge is 0.346 e. The van der Waals surface area contributed by atoms with E-state index in [1.54, 1.807) is 11.9 Å². The largest absolute Gasteiger partial charge is 0.421 e. The highest BCUT2D eigenvalue weighted by molar-refractivity contribution is 6.24. The van der Waals surface area contributed by atoms with Crippen LogP contribution in [0.25, 0.3) is 27.3 Å². The maximum atomic E-state index is 13.4. The van der Waals surface area contributed by atoms with Gasteiger partial charge in [-0.1, -0.05) is 67.8 Å². The topological polar surface area (TPSA) is 46.6 Å². The maximum absolute atomic E-state index is 13.4. The predicted molar refractivity (Wildman–Crippen MR) is 121 cm³/mol. The number of fused-ring (bicyclic) bond motifs is 4. The van der Waals surface area contributed by atoms with Crippen LogP contribution in [0, 0.1) is 5.92 Å². The number of likely N-dealkylation sites (N-methyl/N-ethyl adjacent to an activating group) is 1. The summed E-state index contributed by atoms with van der Waals surface area (Å²) in [5, 5.41) is 4.28. The average molecular weight is 409 g/mol. The summed E-state index contributed by atoms with van der Waals surface area (Å²) >= 11 is 0. The lowest BCUT2D eigenvalue weighted by atomic mass is 9.85. The summed E-state index contributed by atoms with van der Waals surface area (Å²) < 4.78 is 5.85. The van der Waals surface area contributed by atoms with Gasteiger partial charge in [0.05, 0.1) is 11.1 Å². The van der Waals surface area contributed by atoms with Crippen molar-refractivity contribution in [3.8, 4) is 0 Å². The summed E-state index contributed by atoms with van der Waals surface area (Å²) in [6.07, 6.45) is 5.54. The molecule has 6 rings (SSSR count). The summed E-state index contributed by atoms with van der Waals surface area (Å²) in [4.78, 5) is 28.1. The van der Waals surface area contributed by atoms with Gasteiger partial charge in [0.1, 0.15) is 0 Å². The van der Waals surface area contributed by atoms with Crippen LogP contribution < -0.4 is 0 Å². The molecule has 0 N–H and O–H groups in total. The molecule has 0 radical (unpaired) electrons. The number of allylic oxidation sites excluding steroid dienone is 1. The van der Waals surface area contributed by atoms with E-state index in [1.165, 1.54) is 6.42 Å². The van der Waals surface area contributed by atoms with Crippen LogP contribution in [0.1, 0.15) is 37.7 Å². The van der Waals surface area contributed by atoms with Gasteiger partial charge in [0.25, 0.3) is 5.91 Å². The lowest BCUT2D eigenvalue weighted by Gasteiger charge is -2.27. The Morgan fingerprint density at radius 1 is 0.839 bits per heavy atom. The summed E-state index contributed by atoms with van der Waals surface area (Å²) in [6.45, 7) is 0. The molecule has 154 valence electrons. The molecular formula is C27H23NO3. The minimum Gasteiger partial charge on any atom is -0.421 e. The standard InChI is InChI=1S/C27H23NO3/c1-28-24(16-9-3-2-4-10-16)22-23(26(28)29)25(31-27(22)30)21-15-17-11-5-6-12-18(17)19-13-7-8-14-20(19)21/h5-8,11-16H,2-4,9-10H2,1H3. The van der Waals surface area contributed by atoms with Crippen molar-refractivity contribution in [3.05, 3.63) is 77.0 Å². The number of hydrogen-bond donors (Lipinski definition) is 0. The molecule has 3 aromatic carbocycles. The third kappa shape index (κ3) is 2.61. The van der Waals surface area contributed by atoms with E-state index in [9.17, 15) is 9.59 Å². The molecule has 0 bridgehead atoms. The van der Waals surface area contributed by atoms with Gasteiger partial charge in [-0.05, 0) is 40.5 Å². The summed E-state index contributed by atoms with van der Waals surface area (Å²) in [5.41, 5.74) is 2.60. The fourth-order valence-corrected chi connectivity index (χ4v) is 5.58. The van der Waals surface area contributed by atoms with Gasteiger partial charge in [-0.2, -0.15) is 0 Å². The number of benzene rings is 3. The Morgan fingerprint density at radius 2 is 1.52 bits per heavy atom. The van der Waals surface area contributed by atoms with E-state index in [0.717, 1.165) is 58.5 Å². The molecule has 1 aliphatic carbocycles.